The van der Waals surface area contributed by atoms with Crippen LogP contribution < -0.4 is 0 Å². The van der Waals surface area contributed by atoms with Crippen LogP contribution in [0.3, 0.4) is 0 Å². The summed E-state index contributed by atoms with van der Waals surface area (Å²) < 4.78 is 16.9. The zero-order valence-corrected chi connectivity index (χ0v) is 51.3. The predicted octanol–water partition coefficient (Wildman–Crippen LogP) is 22.5. The lowest BCUT2D eigenvalue weighted by atomic mass is 10.1. The molecule has 0 amide bonds. The SMILES string of the molecule is CC/C=C\C/C=C\C/C=C\C/C=C\C/C=C\C/C=C\C/C=C\C/C=C\CCCCCCC(=O)OCC(COC(=O)CCCCCCC/C=C\C/C=C\CCCC)OC(=O)CCCCCCCCC/C=C\CCCCCCCCC. The van der Waals surface area contributed by atoms with E-state index in [4.69, 9.17) is 14.2 Å². The Hall–Kier alpha value is -4.45. The van der Waals surface area contributed by atoms with E-state index in [1.807, 2.05) is 0 Å². The Morgan fingerprint density at radius 1 is 0.266 bits per heavy atom. The quantitative estimate of drug-likeness (QED) is 0.0261. The number of esters is 3. The third kappa shape index (κ3) is 64.3. The summed E-state index contributed by atoms with van der Waals surface area (Å²) in [6, 6.07) is 0. The first-order valence-electron chi connectivity index (χ1n) is 32.7. The maximum atomic E-state index is 12.9. The highest BCUT2D eigenvalue weighted by molar-refractivity contribution is 5.71. The largest absolute Gasteiger partial charge is 0.462 e. The smallest absolute Gasteiger partial charge is 0.306 e. The Kier molecular flexibility index (Phi) is 62.3. The molecule has 0 heterocycles. The van der Waals surface area contributed by atoms with E-state index < -0.39 is 6.10 Å². The van der Waals surface area contributed by atoms with E-state index in [1.165, 1.54) is 103 Å². The fourth-order valence-electron chi connectivity index (χ4n) is 8.70. The van der Waals surface area contributed by atoms with Crippen LogP contribution in [0.25, 0.3) is 0 Å². The minimum Gasteiger partial charge on any atom is -0.462 e. The molecular formula is C73H120O6. The first-order chi connectivity index (χ1) is 39.0. The van der Waals surface area contributed by atoms with E-state index in [1.54, 1.807) is 0 Å². The van der Waals surface area contributed by atoms with Crippen molar-refractivity contribution in [3.8, 4) is 0 Å². The third-order valence-corrected chi connectivity index (χ3v) is 13.6. The summed E-state index contributed by atoms with van der Waals surface area (Å²) in [7, 11) is 0. The van der Waals surface area contributed by atoms with E-state index in [-0.39, 0.29) is 31.1 Å². The van der Waals surface area contributed by atoms with E-state index in [9.17, 15) is 14.4 Å². The van der Waals surface area contributed by atoms with Crippen molar-refractivity contribution in [3.05, 3.63) is 134 Å². The Morgan fingerprint density at radius 2 is 0.506 bits per heavy atom. The number of ether oxygens (including phenoxy) is 3. The summed E-state index contributed by atoms with van der Waals surface area (Å²) in [5.41, 5.74) is 0. The standard InChI is InChI=1S/C73H120O6/c1-4-7-10-13-16-19-22-25-28-30-32-33-34-35-36-37-38-39-40-41-42-44-45-48-51-54-57-60-63-66-72(75)78-69-70(68-77-71(74)65-62-59-56-53-50-47-27-24-21-18-15-12-9-6-3)79-73(76)67-64-61-58-55-52-49-46-43-31-29-26-23-20-17-14-11-8-5-2/h7,10,15-16,18-19,24-25,27-29,31-33,35-36,38-39,41-42,45,48,70H,4-6,8-9,11-14,17,20-23,26,30,34,37,40,43-44,46-47,49-69H2,1-3H3/b10-7-,18-15-,19-16-,27-24-,28-25-,31-29-,33-32-,36-35-,39-38-,42-41-,48-45-. The molecule has 0 radical (unpaired) electrons. The lowest BCUT2D eigenvalue weighted by Crippen LogP contribution is -2.30. The van der Waals surface area contributed by atoms with Gasteiger partial charge in [-0.3, -0.25) is 14.4 Å². The molecule has 0 saturated heterocycles. The number of allylic oxidation sites excluding steroid dienone is 22. The average Bonchev–Trinajstić information content (AvgIpc) is 3.45. The number of hydrogen-bond acceptors (Lipinski definition) is 6. The lowest BCUT2D eigenvalue weighted by molar-refractivity contribution is -0.167. The first-order valence-corrected chi connectivity index (χ1v) is 32.7. The van der Waals surface area contributed by atoms with Crippen molar-refractivity contribution >= 4 is 17.9 Å². The van der Waals surface area contributed by atoms with Crippen LogP contribution in [0.5, 0.6) is 0 Å². The summed E-state index contributed by atoms with van der Waals surface area (Å²) in [5.74, 6) is -0.938. The highest BCUT2D eigenvalue weighted by atomic mass is 16.6. The number of unbranched alkanes of at least 4 members (excludes halogenated alkanes) is 25. The molecule has 0 fully saturated rings. The molecule has 0 aliphatic carbocycles. The molecule has 0 rings (SSSR count). The van der Waals surface area contributed by atoms with Crippen LogP contribution in [0.15, 0.2) is 134 Å². The summed E-state index contributed by atoms with van der Waals surface area (Å²) in [6.07, 6.45) is 93.1. The normalized spacial score (nSPS) is 13.0. The van der Waals surface area contributed by atoms with E-state index in [2.05, 4.69) is 154 Å². The zero-order valence-electron chi connectivity index (χ0n) is 51.3. The van der Waals surface area contributed by atoms with Gasteiger partial charge in [-0.1, -0.05) is 270 Å². The highest BCUT2D eigenvalue weighted by Gasteiger charge is 2.19. The number of carbonyl (C=O) groups is 3. The molecule has 1 unspecified atom stereocenters. The third-order valence-electron chi connectivity index (χ3n) is 13.6. The van der Waals surface area contributed by atoms with Gasteiger partial charge in [0.05, 0.1) is 0 Å². The molecule has 79 heavy (non-hydrogen) atoms. The molecule has 448 valence electrons. The van der Waals surface area contributed by atoms with E-state index in [0.29, 0.717) is 19.3 Å². The van der Waals surface area contributed by atoms with Gasteiger partial charge in [0.2, 0.25) is 0 Å². The van der Waals surface area contributed by atoms with Crippen LogP contribution in [0.4, 0.5) is 0 Å². The van der Waals surface area contributed by atoms with Crippen molar-refractivity contribution in [1.29, 1.82) is 0 Å². The molecule has 0 N–H and O–H groups in total. The minimum atomic E-state index is -0.803. The molecule has 0 saturated carbocycles. The predicted molar refractivity (Wildman–Crippen MR) is 343 cm³/mol. The Bertz CT molecular complexity index is 1680. The van der Waals surface area contributed by atoms with Gasteiger partial charge in [0.25, 0.3) is 0 Å². The summed E-state index contributed by atoms with van der Waals surface area (Å²) in [5, 5.41) is 0. The first kappa shape index (κ1) is 74.5. The van der Waals surface area contributed by atoms with Crippen molar-refractivity contribution < 1.29 is 28.6 Å². The molecule has 0 aliphatic heterocycles. The van der Waals surface area contributed by atoms with Gasteiger partial charge < -0.3 is 14.2 Å². The maximum absolute atomic E-state index is 12.9. The topological polar surface area (TPSA) is 78.9 Å². The van der Waals surface area contributed by atoms with Crippen molar-refractivity contribution in [1.82, 2.24) is 0 Å². The van der Waals surface area contributed by atoms with Crippen LogP contribution in [-0.4, -0.2) is 37.2 Å². The molecule has 1 atom stereocenters. The van der Waals surface area contributed by atoms with Gasteiger partial charge in [-0.05, 0) is 135 Å². The minimum absolute atomic E-state index is 0.0981. The van der Waals surface area contributed by atoms with Gasteiger partial charge in [0.1, 0.15) is 13.2 Å². The van der Waals surface area contributed by atoms with Crippen LogP contribution >= 0.6 is 0 Å². The van der Waals surface area contributed by atoms with Crippen molar-refractivity contribution in [2.24, 2.45) is 0 Å². The molecule has 0 aromatic heterocycles. The Labute approximate surface area is 487 Å². The summed E-state index contributed by atoms with van der Waals surface area (Å²) in [6.45, 7) is 6.46. The number of rotatable bonds is 58. The Balaban J connectivity index is 4.41. The van der Waals surface area contributed by atoms with Gasteiger partial charge in [0, 0.05) is 19.3 Å². The molecule has 0 spiro atoms. The van der Waals surface area contributed by atoms with Crippen LogP contribution in [0.1, 0.15) is 290 Å². The van der Waals surface area contributed by atoms with Crippen LogP contribution in [-0.2, 0) is 28.6 Å². The van der Waals surface area contributed by atoms with Gasteiger partial charge in [0.15, 0.2) is 6.10 Å². The zero-order chi connectivity index (χ0) is 57.1. The van der Waals surface area contributed by atoms with Crippen molar-refractivity contribution in [2.45, 2.75) is 297 Å². The summed E-state index contributed by atoms with van der Waals surface area (Å²) in [4.78, 5) is 38.3. The van der Waals surface area contributed by atoms with E-state index in [0.717, 1.165) is 148 Å². The Morgan fingerprint density at radius 3 is 0.823 bits per heavy atom. The number of hydrogen-bond donors (Lipinski definition) is 0. The van der Waals surface area contributed by atoms with Crippen molar-refractivity contribution in [3.63, 3.8) is 0 Å². The second-order valence-electron chi connectivity index (χ2n) is 21.3. The molecule has 0 aromatic carbocycles. The molecule has 0 aromatic rings. The van der Waals surface area contributed by atoms with E-state index >= 15 is 0 Å². The molecule has 6 nitrogen and oxygen atoms in total. The highest BCUT2D eigenvalue weighted by Crippen LogP contribution is 2.15. The average molecular weight is 1090 g/mol. The van der Waals surface area contributed by atoms with Gasteiger partial charge in [-0.15, -0.1) is 0 Å². The van der Waals surface area contributed by atoms with Gasteiger partial charge >= 0.3 is 17.9 Å². The van der Waals surface area contributed by atoms with Crippen LogP contribution in [0, 0.1) is 0 Å². The van der Waals surface area contributed by atoms with Crippen LogP contribution in [0.2, 0.25) is 0 Å². The monoisotopic (exact) mass is 1090 g/mol. The maximum Gasteiger partial charge on any atom is 0.306 e. The van der Waals surface area contributed by atoms with Crippen molar-refractivity contribution in [2.75, 3.05) is 13.2 Å². The molecule has 0 aliphatic rings. The van der Waals surface area contributed by atoms with Gasteiger partial charge in [-0.2, -0.15) is 0 Å². The fraction of sp³-hybridized carbons (Fsp3) is 0.658. The number of carbonyl (C=O) groups excluding carboxylic acids is 3. The lowest BCUT2D eigenvalue weighted by Gasteiger charge is -2.18. The molecule has 6 heteroatoms. The summed E-state index contributed by atoms with van der Waals surface area (Å²) >= 11 is 0. The molecule has 0 bridgehead atoms. The second kappa shape index (κ2) is 66.1. The molecular weight excluding hydrogens is 973 g/mol. The fourth-order valence-corrected chi connectivity index (χ4v) is 8.70. The van der Waals surface area contributed by atoms with Gasteiger partial charge in [-0.25, -0.2) is 0 Å². The second-order valence-corrected chi connectivity index (χ2v) is 21.3.